The molecule has 2 aliphatic rings. The summed E-state index contributed by atoms with van der Waals surface area (Å²) in [5.41, 5.74) is 0. The van der Waals surface area contributed by atoms with Gasteiger partial charge in [0, 0.05) is 32.1 Å². The molecule has 0 aromatic carbocycles. The summed E-state index contributed by atoms with van der Waals surface area (Å²) in [5.74, 6) is 0.633. The molecule has 0 aromatic rings. The van der Waals surface area contributed by atoms with Gasteiger partial charge in [-0.2, -0.15) is 0 Å². The average Bonchev–Trinajstić information content (AvgIpc) is 2.30. The Hall–Kier alpha value is -0.830. The maximum absolute atomic E-state index is 12.0. The van der Waals surface area contributed by atoms with Gasteiger partial charge in [-0.1, -0.05) is 12.2 Å². The quantitative estimate of drug-likeness (QED) is 0.625. The molecule has 0 spiro atoms. The fourth-order valence-corrected chi connectivity index (χ4v) is 2.16. The van der Waals surface area contributed by atoms with Crippen molar-refractivity contribution in [3.63, 3.8) is 0 Å². The second-order valence-electron chi connectivity index (χ2n) is 4.06. The van der Waals surface area contributed by atoms with E-state index in [0.717, 1.165) is 45.4 Å². The van der Waals surface area contributed by atoms with E-state index in [4.69, 9.17) is 0 Å². The minimum Gasteiger partial charge on any atom is -0.340 e. The molecule has 14 heavy (non-hydrogen) atoms. The highest BCUT2D eigenvalue weighted by atomic mass is 16.2. The predicted molar refractivity (Wildman–Crippen MR) is 55.9 cm³/mol. The van der Waals surface area contributed by atoms with Crippen molar-refractivity contribution in [2.75, 3.05) is 26.2 Å². The van der Waals surface area contributed by atoms with Gasteiger partial charge in [-0.15, -0.1) is 0 Å². The van der Waals surface area contributed by atoms with Crippen LogP contribution in [0.2, 0.25) is 0 Å². The predicted octanol–water partition coefficient (Wildman–Crippen LogP) is 0.774. The number of allylic oxidation sites excluding steroid dienone is 2. The van der Waals surface area contributed by atoms with Gasteiger partial charge in [-0.25, -0.2) is 0 Å². The van der Waals surface area contributed by atoms with Crippen LogP contribution in [0.15, 0.2) is 12.2 Å². The summed E-state index contributed by atoms with van der Waals surface area (Å²) in [5, 5.41) is 3.26. The van der Waals surface area contributed by atoms with Crippen LogP contribution in [0, 0.1) is 5.92 Å². The van der Waals surface area contributed by atoms with Gasteiger partial charge in [-0.3, -0.25) is 4.79 Å². The largest absolute Gasteiger partial charge is 0.340 e. The zero-order valence-corrected chi connectivity index (χ0v) is 8.54. The van der Waals surface area contributed by atoms with E-state index in [2.05, 4.69) is 17.5 Å². The maximum atomic E-state index is 12.0. The van der Waals surface area contributed by atoms with Gasteiger partial charge >= 0.3 is 0 Å². The van der Waals surface area contributed by atoms with E-state index in [9.17, 15) is 4.79 Å². The molecule has 1 aliphatic heterocycles. The minimum atomic E-state index is 0.262. The number of rotatable bonds is 1. The highest BCUT2D eigenvalue weighted by Crippen LogP contribution is 2.20. The number of nitrogens with zero attached hydrogens (tertiary/aromatic N) is 1. The van der Waals surface area contributed by atoms with Crippen LogP contribution in [0.25, 0.3) is 0 Å². The summed E-state index contributed by atoms with van der Waals surface area (Å²) in [6.45, 7) is 3.68. The Morgan fingerprint density at radius 2 is 2.07 bits per heavy atom. The summed E-state index contributed by atoms with van der Waals surface area (Å²) >= 11 is 0. The first-order valence-corrected chi connectivity index (χ1v) is 5.52. The molecule has 2 rings (SSSR count). The molecule has 0 aromatic heterocycles. The molecule has 1 atom stereocenters. The monoisotopic (exact) mass is 194 g/mol. The maximum Gasteiger partial charge on any atom is 0.226 e. The standard InChI is InChI=1S/C11H18N2O/c14-11(10-4-2-1-3-5-10)13-8-6-12-7-9-13/h1-2,10,12H,3-9H2/t10-/m0/s1. The van der Waals surface area contributed by atoms with Gasteiger partial charge in [0.15, 0.2) is 0 Å². The van der Waals surface area contributed by atoms with Crippen LogP contribution in [0.4, 0.5) is 0 Å². The molecule has 1 aliphatic carbocycles. The summed E-state index contributed by atoms with van der Waals surface area (Å²) in [7, 11) is 0. The lowest BCUT2D eigenvalue weighted by atomic mass is 9.93. The molecule has 1 saturated heterocycles. The molecular formula is C11H18N2O. The fourth-order valence-electron chi connectivity index (χ4n) is 2.16. The van der Waals surface area contributed by atoms with E-state index in [1.165, 1.54) is 0 Å². The Bertz CT molecular complexity index is 231. The van der Waals surface area contributed by atoms with Gasteiger partial charge in [-0.05, 0) is 19.3 Å². The first-order valence-electron chi connectivity index (χ1n) is 5.52. The lowest BCUT2D eigenvalue weighted by molar-refractivity contribution is -0.136. The van der Waals surface area contributed by atoms with E-state index in [-0.39, 0.29) is 5.92 Å². The van der Waals surface area contributed by atoms with Crippen LogP contribution in [-0.4, -0.2) is 37.0 Å². The number of nitrogens with one attached hydrogen (secondary N) is 1. The highest BCUT2D eigenvalue weighted by Gasteiger charge is 2.24. The van der Waals surface area contributed by atoms with E-state index >= 15 is 0 Å². The average molecular weight is 194 g/mol. The van der Waals surface area contributed by atoms with Crippen molar-refractivity contribution in [2.24, 2.45) is 5.92 Å². The molecule has 78 valence electrons. The normalized spacial score (nSPS) is 27.7. The van der Waals surface area contributed by atoms with Crippen LogP contribution < -0.4 is 5.32 Å². The second kappa shape index (κ2) is 4.60. The molecule has 0 saturated carbocycles. The number of piperazine rings is 1. The summed E-state index contributed by atoms with van der Waals surface area (Å²) < 4.78 is 0. The van der Waals surface area contributed by atoms with Crippen molar-refractivity contribution in [2.45, 2.75) is 19.3 Å². The third-order valence-corrected chi connectivity index (χ3v) is 3.05. The molecule has 1 heterocycles. The Morgan fingerprint density at radius 1 is 1.29 bits per heavy atom. The molecule has 1 N–H and O–H groups in total. The first-order chi connectivity index (χ1) is 6.88. The molecular weight excluding hydrogens is 176 g/mol. The van der Waals surface area contributed by atoms with Crippen molar-refractivity contribution in [3.05, 3.63) is 12.2 Å². The van der Waals surface area contributed by atoms with E-state index in [1.54, 1.807) is 0 Å². The first kappa shape index (κ1) is 9.71. The zero-order chi connectivity index (χ0) is 9.80. The number of hydrogen-bond acceptors (Lipinski definition) is 2. The molecule has 1 fully saturated rings. The van der Waals surface area contributed by atoms with Crippen LogP contribution in [0.3, 0.4) is 0 Å². The lowest BCUT2D eigenvalue weighted by Crippen LogP contribution is -2.48. The van der Waals surface area contributed by atoms with E-state index < -0.39 is 0 Å². The molecule has 0 unspecified atom stereocenters. The van der Waals surface area contributed by atoms with Crippen molar-refractivity contribution < 1.29 is 4.79 Å². The number of amides is 1. The van der Waals surface area contributed by atoms with Crippen LogP contribution in [0.5, 0.6) is 0 Å². The Kier molecular flexibility index (Phi) is 3.19. The van der Waals surface area contributed by atoms with Crippen LogP contribution in [-0.2, 0) is 4.79 Å². The number of carbonyl (C=O) groups excluding carboxylic acids is 1. The SMILES string of the molecule is O=C([C@H]1CC=CCC1)N1CCNCC1. The van der Waals surface area contributed by atoms with Crippen molar-refractivity contribution in [1.82, 2.24) is 10.2 Å². The zero-order valence-electron chi connectivity index (χ0n) is 8.54. The van der Waals surface area contributed by atoms with E-state index in [1.807, 2.05) is 4.90 Å². The lowest BCUT2D eigenvalue weighted by Gasteiger charge is -2.31. The topological polar surface area (TPSA) is 32.3 Å². The highest BCUT2D eigenvalue weighted by molar-refractivity contribution is 5.79. The second-order valence-corrected chi connectivity index (χ2v) is 4.06. The fraction of sp³-hybridized carbons (Fsp3) is 0.727. The molecule has 0 bridgehead atoms. The number of hydrogen-bond donors (Lipinski definition) is 1. The Morgan fingerprint density at radius 3 is 2.71 bits per heavy atom. The number of carbonyl (C=O) groups is 1. The van der Waals surface area contributed by atoms with Crippen molar-refractivity contribution in [3.8, 4) is 0 Å². The summed E-state index contributed by atoms with van der Waals surface area (Å²) in [6, 6.07) is 0. The van der Waals surface area contributed by atoms with Gasteiger partial charge < -0.3 is 10.2 Å². The van der Waals surface area contributed by atoms with Gasteiger partial charge in [0.2, 0.25) is 5.91 Å². The third-order valence-electron chi connectivity index (χ3n) is 3.05. The van der Waals surface area contributed by atoms with Gasteiger partial charge in [0.05, 0.1) is 0 Å². The van der Waals surface area contributed by atoms with Gasteiger partial charge in [0.25, 0.3) is 0 Å². The Labute approximate surface area is 85.2 Å². The molecule has 1 amide bonds. The summed E-state index contributed by atoms with van der Waals surface area (Å²) in [4.78, 5) is 14.0. The van der Waals surface area contributed by atoms with Crippen molar-refractivity contribution >= 4 is 5.91 Å². The molecule has 3 heteroatoms. The minimum absolute atomic E-state index is 0.262. The molecule has 3 nitrogen and oxygen atoms in total. The Balaban J connectivity index is 1.89. The third kappa shape index (κ3) is 2.15. The van der Waals surface area contributed by atoms with E-state index in [0.29, 0.717) is 5.91 Å². The van der Waals surface area contributed by atoms with Gasteiger partial charge in [0.1, 0.15) is 0 Å². The summed E-state index contributed by atoms with van der Waals surface area (Å²) in [6.07, 6.45) is 7.39. The molecule has 0 radical (unpaired) electrons. The van der Waals surface area contributed by atoms with Crippen LogP contribution >= 0.6 is 0 Å². The smallest absolute Gasteiger partial charge is 0.226 e. The van der Waals surface area contributed by atoms with Crippen LogP contribution in [0.1, 0.15) is 19.3 Å². The van der Waals surface area contributed by atoms with Crippen molar-refractivity contribution in [1.29, 1.82) is 0 Å².